The van der Waals surface area contributed by atoms with E-state index in [1.807, 2.05) is 49.4 Å². The lowest BCUT2D eigenvalue weighted by atomic mass is 10.1. The molecule has 40 heavy (non-hydrogen) atoms. The van der Waals surface area contributed by atoms with Crippen LogP contribution in [0.5, 0.6) is 11.5 Å². The van der Waals surface area contributed by atoms with Crippen LogP contribution in [-0.2, 0) is 20.8 Å². The van der Waals surface area contributed by atoms with E-state index in [1.165, 1.54) is 23.3 Å². The summed E-state index contributed by atoms with van der Waals surface area (Å²) < 4.78 is 23.5. The number of anilines is 1. The van der Waals surface area contributed by atoms with Crippen LogP contribution >= 0.6 is 0 Å². The summed E-state index contributed by atoms with van der Waals surface area (Å²) >= 11 is 0. The summed E-state index contributed by atoms with van der Waals surface area (Å²) in [5.41, 5.74) is 3.79. The molecule has 0 aliphatic carbocycles. The van der Waals surface area contributed by atoms with Crippen LogP contribution in [0.2, 0.25) is 0 Å². The van der Waals surface area contributed by atoms with Crippen LogP contribution in [0, 0.1) is 6.92 Å². The highest BCUT2D eigenvalue weighted by Crippen LogP contribution is 2.34. The Morgan fingerprint density at radius 3 is 2.77 bits per heavy atom. The number of aryl methyl sites for hydroxylation is 1. The summed E-state index contributed by atoms with van der Waals surface area (Å²) in [6.45, 7) is 2.39. The summed E-state index contributed by atoms with van der Waals surface area (Å²) in [5.74, 6) is 1.29. The largest absolute Gasteiger partial charge is 0.460 e. The highest BCUT2D eigenvalue weighted by Gasteiger charge is 2.45. The SMILES string of the molecule is Cc1ccc(/C=C/C(=O)OC[C@H]2O[C@@H](n3cnc4c(NCc5ccc6c(c5)OCO6)ncnc43)[C@@H](O)C2O)cc1. The molecular formula is C28H27N5O7. The number of esters is 1. The van der Waals surface area contributed by atoms with Gasteiger partial charge in [0.05, 0.1) is 6.33 Å². The molecule has 4 atom stereocenters. The normalized spacial score (nSPS) is 21.8. The van der Waals surface area contributed by atoms with E-state index in [9.17, 15) is 15.0 Å². The maximum Gasteiger partial charge on any atom is 0.330 e. The van der Waals surface area contributed by atoms with Crippen molar-refractivity contribution in [3.8, 4) is 11.5 Å². The second-order valence-electron chi connectivity index (χ2n) is 9.51. The predicted octanol–water partition coefficient (Wildman–Crippen LogP) is 2.35. The lowest BCUT2D eigenvalue weighted by Gasteiger charge is -2.16. The predicted molar refractivity (Wildman–Crippen MR) is 142 cm³/mol. The van der Waals surface area contributed by atoms with E-state index in [1.54, 1.807) is 6.08 Å². The van der Waals surface area contributed by atoms with Gasteiger partial charge in [-0.05, 0) is 36.3 Å². The Morgan fingerprint density at radius 2 is 1.93 bits per heavy atom. The van der Waals surface area contributed by atoms with Gasteiger partial charge in [0.25, 0.3) is 0 Å². The molecule has 12 heteroatoms. The van der Waals surface area contributed by atoms with Crippen LogP contribution in [0.25, 0.3) is 17.2 Å². The summed E-state index contributed by atoms with van der Waals surface area (Å²) in [6.07, 6.45) is 1.25. The maximum atomic E-state index is 12.2. The van der Waals surface area contributed by atoms with E-state index in [0.29, 0.717) is 35.0 Å². The molecule has 1 unspecified atom stereocenters. The molecule has 2 aromatic heterocycles. The Hall–Kier alpha value is -4.52. The highest BCUT2D eigenvalue weighted by atomic mass is 16.7. The fraction of sp³-hybridized carbons (Fsp3) is 0.286. The minimum Gasteiger partial charge on any atom is -0.460 e. The average molecular weight is 546 g/mol. The number of ether oxygens (including phenoxy) is 4. The Balaban J connectivity index is 1.10. The molecule has 206 valence electrons. The molecule has 4 aromatic rings. The average Bonchev–Trinajstić information content (AvgIpc) is 3.68. The number of benzene rings is 2. The molecule has 0 amide bonds. The first-order valence-electron chi connectivity index (χ1n) is 12.7. The number of rotatable bonds is 8. The van der Waals surface area contributed by atoms with Crippen LogP contribution in [0.4, 0.5) is 5.82 Å². The first-order chi connectivity index (χ1) is 19.5. The van der Waals surface area contributed by atoms with Crippen LogP contribution in [-0.4, -0.2) is 67.4 Å². The smallest absolute Gasteiger partial charge is 0.330 e. The number of nitrogens with zero attached hydrogens (tertiary/aromatic N) is 4. The fourth-order valence-electron chi connectivity index (χ4n) is 4.56. The van der Waals surface area contributed by atoms with Gasteiger partial charge in [0.15, 0.2) is 34.7 Å². The van der Waals surface area contributed by atoms with Gasteiger partial charge in [0.2, 0.25) is 6.79 Å². The van der Waals surface area contributed by atoms with Crippen molar-refractivity contribution in [2.24, 2.45) is 0 Å². The van der Waals surface area contributed by atoms with Crippen molar-refractivity contribution in [1.29, 1.82) is 0 Å². The minimum atomic E-state index is -1.30. The molecule has 0 bridgehead atoms. The number of fused-ring (bicyclic) bond motifs is 2. The lowest BCUT2D eigenvalue weighted by molar-refractivity contribution is -0.144. The zero-order valence-corrected chi connectivity index (χ0v) is 21.5. The van der Waals surface area contributed by atoms with E-state index in [0.717, 1.165) is 16.7 Å². The third-order valence-corrected chi connectivity index (χ3v) is 6.75. The van der Waals surface area contributed by atoms with Gasteiger partial charge in [-0.3, -0.25) is 4.57 Å². The minimum absolute atomic E-state index is 0.203. The van der Waals surface area contributed by atoms with E-state index in [-0.39, 0.29) is 13.4 Å². The van der Waals surface area contributed by atoms with Crippen LogP contribution < -0.4 is 14.8 Å². The fourth-order valence-corrected chi connectivity index (χ4v) is 4.56. The van der Waals surface area contributed by atoms with Gasteiger partial charge in [-0.2, -0.15) is 0 Å². The molecule has 4 heterocycles. The monoisotopic (exact) mass is 545 g/mol. The summed E-state index contributed by atoms with van der Waals surface area (Å²) in [4.78, 5) is 25.2. The number of hydrogen-bond donors (Lipinski definition) is 3. The molecule has 1 saturated heterocycles. The van der Waals surface area contributed by atoms with Gasteiger partial charge in [0, 0.05) is 12.6 Å². The molecule has 6 rings (SSSR count). The molecule has 2 aromatic carbocycles. The molecule has 1 fully saturated rings. The third kappa shape index (κ3) is 5.19. The molecule has 2 aliphatic rings. The van der Waals surface area contributed by atoms with Gasteiger partial charge in [-0.1, -0.05) is 35.9 Å². The molecule has 0 radical (unpaired) electrons. The summed E-state index contributed by atoms with van der Waals surface area (Å²) in [7, 11) is 0. The van der Waals surface area contributed by atoms with Crippen molar-refractivity contribution in [2.75, 3.05) is 18.7 Å². The zero-order chi connectivity index (χ0) is 27.6. The zero-order valence-electron chi connectivity index (χ0n) is 21.5. The third-order valence-electron chi connectivity index (χ3n) is 6.75. The number of imidazole rings is 1. The molecule has 3 N–H and O–H groups in total. The van der Waals surface area contributed by atoms with E-state index < -0.39 is 30.5 Å². The van der Waals surface area contributed by atoms with Gasteiger partial charge in [0.1, 0.15) is 31.2 Å². The first kappa shape index (κ1) is 25.7. The van der Waals surface area contributed by atoms with Crippen molar-refractivity contribution in [3.05, 3.63) is 77.9 Å². The number of nitrogens with one attached hydrogen (secondary N) is 1. The molecular weight excluding hydrogens is 518 g/mol. The number of hydrogen-bond acceptors (Lipinski definition) is 11. The molecule has 0 spiro atoms. The second-order valence-corrected chi connectivity index (χ2v) is 9.51. The topological polar surface area (TPSA) is 150 Å². The van der Waals surface area contributed by atoms with Gasteiger partial charge >= 0.3 is 5.97 Å². The summed E-state index contributed by atoms with van der Waals surface area (Å²) in [5, 5.41) is 24.6. The van der Waals surface area contributed by atoms with Crippen LogP contribution in [0.3, 0.4) is 0 Å². The molecule has 12 nitrogen and oxygen atoms in total. The number of carbonyl (C=O) groups is 1. The Labute approximate surface area is 228 Å². The quantitative estimate of drug-likeness (QED) is 0.221. The summed E-state index contributed by atoms with van der Waals surface area (Å²) in [6, 6.07) is 13.3. The standard InChI is InChI=1S/C28H27N5O7/c1-16-2-4-17(5-3-16)7-9-22(34)37-12-21-24(35)25(36)28(40-21)33-14-32-23-26(30-13-31-27(23)33)29-11-18-6-8-19-20(10-18)39-15-38-19/h2-10,13-14,21,24-25,28,35-36H,11-12,15H2,1H3,(H,29,30,31)/b9-7+/t21-,24?,25+,28-/m1/s1. The highest BCUT2D eigenvalue weighted by molar-refractivity contribution is 5.87. The molecule has 0 saturated carbocycles. The Kier molecular flexibility index (Phi) is 7.03. The first-order valence-corrected chi connectivity index (χ1v) is 12.7. The van der Waals surface area contributed by atoms with Crippen molar-refractivity contribution in [3.63, 3.8) is 0 Å². The van der Waals surface area contributed by atoms with Crippen LogP contribution in [0.1, 0.15) is 22.9 Å². The van der Waals surface area contributed by atoms with Crippen molar-refractivity contribution >= 4 is 29.0 Å². The van der Waals surface area contributed by atoms with E-state index in [4.69, 9.17) is 18.9 Å². The Morgan fingerprint density at radius 1 is 1.10 bits per heavy atom. The number of aliphatic hydroxyl groups excluding tert-OH is 2. The second kappa shape index (κ2) is 10.9. The maximum absolute atomic E-state index is 12.2. The number of aliphatic hydroxyl groups is 2. The van der Waals surface area contributed by atoms with Crippen molar-refractivity contribution in [2.45, 2.75) is 38.0 Å². The number of carbonyl (C=O) groups excluding carboxylic acids is 1. The van der Waals surface area contributed by atoms with E-state index in [2.05, 4.69) is 20.3 Å². The van der Waals surface area contributed by atoms with Gasteiger partial charge in [-0.15, -0.1) is 0 Å². The Bertz CT molecular complexity index is 1550. The van der Waals surface area contributed by atoms with E-state index >= 15 is 0 Å². The van der Waals surface area contributed by atoms with Gasteiger partial charge < -0.3 is 34.5 Å². The number of aromatic nitrogens is 4. The van der Waals surface area contributed by atoms with Gasteiger partial charge in [-0.25, -0.2) is 19.7 Å². The molecule has 2 aliphatic heterocycles. The lowest BCUT2D eigenvalue weighted by Crippen LogP contribution is -2.34. The van der Waals surface area contributed by atoms with Crippen LogP contribution in [0.15, 0.2) is 61.2 Å². The van der Waals surface area contributed by atoms with Crippen molar-refractivity contribution in [1.82, 2.24) is 19.5 Å². The van der Waals surface area contributed by atoms with Crippen molar-refractivity contribution < 1.29 is 34.0 Å².